The number of carbonyl (C=O) groups excluding carboxylic acids is 3. The van der Waals surface area contributed by atoms with Crippen LogP contribution in [0.15, 0.2) is 53.4 Å². The van der Waals surface area contributed by atoms with Crippen molar-refractivity contribution in [1.82, 2.24) is 20.3 Å². The molecule has 2 aromatic carbocycles. The smallest absolute Gasteiger partial charge is 0.251 e. The first-order chi connectivity index (χ1) is 15.3. The molecule has 1 aliphatic rings. The molecule has 0 bridgehead atoms. The van der Waals surface area contributed by atoms with Gasteiger partial charge in [-0.3, -0.25) is 14.4 Å². The number of nitrogens with one attached hydrogen (secondary N) is 3. The average molecular weight is 461 g/mol. The van der Waals surface area contributed by atoms with Crippen molar-refractivity contribution in [3.8, 4) is 5.75 Å². The molecule has 11 heteroatoms. The third-order valence-corrected chi connectivity index (χ3v) is 6.68. The first-order valence-electron chi connectivity index (χ1n) is 9.84. The Morgan fingerprint density at radius 3 is 2.38 bits per heavy atom. The molecule has 1 heterocycles. The van der Waals surface area contributed by atoms with Gasteiger partial charge in [0.25, 0.3) is 5.91 Å². The third kappa shape index (κ3) is 5.83. The van der Waals surface area contributed by atoms with Crippen LogP contribution in [0.1, 0.15) is 15.9 Å². The molecule has 0 aromatic heterocycles. The number of methoxy groups -OCH3 is 1. The normalized spacial score (nSPS) is 14.3. The summed E-state index contributed by atoms with van der Waals surface area (Å²) in [6, 6.07) is 12.6. The number of carbonyl (C=O) groups is 3. The summed E-state index contributed by atoms with van der Waals surface area (Å²) >= 11 is 0. The Morgan fingerprint density at radius 2 is 1.75 bits per heavy atom. The average Bonchev–Trinajstić information content (AvgIpc) is 2.81. The van der Waals surface area contributed by atoms with E-state index in [0.717, 1.165) is 9.87 Å². The molecule has 1 saturated heterocycles. The highest BCUT2D eigenvalue weighted by Gasteiger charge is 2.29. The molecule has 0 aliphatic carbocycles. The minimum absolute atomic E-state index is 0.0130. The lowest BCUT2D eigenvalue weighted by Gasteiger charge is -2.25. The SMILES string of the molecule is COc1ccc(CNC(=O)CNC(=O)c2ccc(S(=O)(=O)N3CCNC(=O)C3)cc2)cc1. The lowest BCUT2D eigenvalue weighted by Crippen LogP contribution is -2.49. The van der Waals surface area contributed by atoms with Crippen LogP contribution in [0.25, 0.3) is 0 Å². The second kappa shape index (κ2) is 10.2. The fourth-order valence-electron chi connectivity index (χ4n) is 3.02. The van der Waals surface area contributed by atoms with Crippen LogP contribution in [0.2, 0.25) is 0 Å². The number of hydrogen-bond acceptors (Lipinski definition) is 6. The van der Waals surface area contributed by atoms with Gasteiger partial charge in [-0.25, -0.2) is 8.42 Å². The van der Waals surface area contributed by atoms with Crippen molar-refractivity contribution in [3.05, 3.63) is 59.7 Å². The minimum Gasteiger partial charge on any atom is -0.497 e. The molecule has 3 rings (SSSR count). The molecule has 1 aliphatic heterocycles. The van der Waals surface area contributed by atoms with E-state index in [1.54, 1.807) is 19.2 Å². The number of nitrogens with zero attached hydrogens (tertiary/aromatic N) is 1. The zero-order chi connectivity index (χ0) is 23.1. The number of amides is 3. The van der Waals surface area contributed by atoms with Gasteiger partial charge in [-0.15, -0.1) is 0 Å². The molecule has 0 spiro atoms. The van der Waals surface area contributed by atoms with Gasteiger partial charge in [0.1, 0.15) is 5.75 Å². The van der Waals surface area contributed by atoms with Crippen molar-refractivity contribution in [2.45, 2.75) is 11.4 Å². The molecule has 0 saturated carbocycles. The van der Waals surface area contributed by atoms with E-state index in [4.69, 9.17) is 4.74 Å². The van der Waals surface area contributed by atoms with E-state index in [1.165, 1.54) is 24.3 Å². The predicted octanol–water partition coefficient (Wildman–Crippen LogP) is -0.138. The van der Waals surface area contributed by atoms with Gasteiger partial charge in [-0.1, -0.05) is 12.1 Å². The summed E-state index contributed by atoms with van der Waals surface area (Å²) in [6.07, 6.45) is 0. The molecule has 0 atom stereocenters. The number of piperazine rings is 1. The minimum atomic E-state index is -3.83. The Bertz CT molecular complexity index is 1080. The van der Waals surface area contributed by atoms with Crippen molar-refractivity contribution >= 4 is 27.7 Å². The maximum Gasteiger partial charge on any atom is 0.251 e. The molecular formula is C21H24N4O6S. The number of rotatable bonds is 8. The van der Waals surface area contributed by atoms with E-state index in [-0.39, 0.29) is 48.5 Å². The van der Waals surface area contributed by atoms with Gasteiger partial charge in [0, 0.05) is 25.2 Å². The molecule has 2 aromatic rings. The summed E-state index contributed by atoms with van der Waals surface area (Å²) in [5.74, 6) is -0.517. The van der Waals surface area contributed by atoms with Crippen molar-refractivity contribution in [2.75, 3.05) is 33.3 Å². The number of hydrogen-bond donors (Lipinski definition) is 3. The van der Waals surface area contributed by atoms with Crippen LogP contribution < -0.4 is 20.7 Å². The van der Waals surface area contributed by atoms with Crippen LogP contribution in [0.5, 0.6) is 5.75 Å². The zero-order valence-corrected chi connectivity index (χ0v) is 18.3. The van der Waals surface area contributed by atoms with E-state index in [9.17, 15) is 22.8 Å². The fourth-order valence-corrected chi connectivity index (χ4v) is 4.41. The predicted molar refractivity (Wildman–Crippen MR) is 115 cm³/mol. The third-order valence-electron chi connectivity index (χ3n) is 4.82. The first-order valence-corrected chi connectivity index (χ1v) is 11.3. The molecule has 3 amide bonds. The highest BCUT2D eigenvalue weighted by molar-refractivity contribution is 7.89. The summed E-state index contributed by atoms with van der Waals surface area (Å²) in [5.41, 5.74) is 1.09. The van der Waals surface area contributed by atoms with E-state index >= 15 is 0 Å². The van der Waals surface area contributed by atoms with Crippen LogP contribution in [-0.2, 0) is 26.2 Å². The second-order valence-corrected chi connectivity index (χ2v) is 8.96. The van der Waals surface area contributed by atoms with Crippen molar-refractivity contribution in [2.24, 2.45) is 0 Å². The van der Waals surface area contributed by atoms with Crippen LogP contribution >= 0.6 is 0 Å². The number of sulfonamides is 1. The Kier molecular flexibility index (Phi) is 7.44. The van der Waals surface area contributed by atoms with Crippen LogP contribution in [0.3, 0.4) is 0 Å². The standard InChI is InChI=1S/C21H24N4O6S/c1-31-17-6-2-15(3-7-17)12-23-19(26)13-24-21(28)16-4-8-18(9-5-16)32(29,30)25-11-10-22-20(27)14-25/h2-9H,10-14H2,1H3,(H,22,27)(H,23,26)(H,24,28). The topological polar surface area (TPSA) is 134 Å². The van der Waals surface area contributed by atoms with Gasteiger partial charge in [0.2, 0.25) is 21.8 Å². The van der Waals surface area contributed by atoms with Crippen LogP contribution in [0.4, 0.5) is 0 Å². The number of ether oxygens (including phenoxy) is 1. The van der Waals surface area contributed by atoms with Gasteiger partial charge in [0.15, 0.2) is 0 Å². The Balaban J connectivity index is 1.50. The van der Waals surface area contributed by atoms with Gasteiger partial charge < -0.3 is 20.7 Å². The molecule has 0 unspecified atom stereocenters. The molecule has 1 fully saturated rings. The fraction of sp³-hybridized carbons (Fsp3) is 0.286. The van der Waals surface area contributed by atoms with Gasteiger partial charge in [-0.2, -0.15) is 4.31 Å². The largest absolute Gasteiger partial charge is 0.497 e. The molecule has 0 radical (unpaired) electrons. The van der Waals surface area contributed by atoms with E-state index < -0.39 is 15.9 Å². The molecule has 3 N–H and O–H groups in total. The van der Waals surface area contributed by atoms with Crippen molar-refractivity contribution in [3.63, 3.8) is 0 Å². The Labute approximate surface area is 186 Å². The quantitative estimate of drug-likeness (QED) is 0.502. The first kappa shape index (κ1) is 23.2. The van der Waals surface area contributed by atoms with Crippen LogP contribution in [-0.4, -0.2) is 63.7 Å². The molecule has 170 valence electrons. The molecule has 32 heavy (non-hydrogen) atoms. The summed E-state index contributed by atoms with van der Waals surface area (Å²) in [5, 5.41) is 7.77. The lowest BCUT2D eigenvalue weighted by atomic mass is 10.2. The highest BCUT2D eigenvalue weighted by Crippen LogP contribution is 2.17. The Morgan fingerprint density at radius 1 is 1.06 bits per heavy atom. The summed E-state index contributed by atoms with van der Waals surface area (Å²) in [4.78, 5) is 35.7. The summed E-state index contributed by atoms with van der Waals surface area (Å²) in [6.45, 7) is 0.273. The van der Waals surface area contributed by atoms with E-state index in [2.05, 4.69) is 16.0 Å². The summed E-state index contributed by atoms with van der Waals surface area (Å²) < 4.78 is 31.4. The number of benzene rings is 2. The molecule has 10 nitrogen and oxygen atoms in total. The van der Waals surface area contributed by atoms with E-state index in [1.807, 2.05) is 12.1 Å². The van der Waals surface area contributed by atoms with Crippen molar-refractivity contribution in [1.29, 1.82) is 0 Å². The maximum atomic E-state index is 12.6. The zero-order valence-electron chi connectivity index (χ0n) is 17.5. The Hall–Kier alpha value is -3.44. The maximum absolute atomic E-state index is 12.6. The van der Waals surface area contributed by atoms with E-state index in [0.29, 0.717) is 12.3 Å². The molecular weight excluding hydrogens is 436 g/mol. The summed E-state index contributed by atoms with van der Waals surface area (Å²) in [7, 11) is -2.26. The van der Waals surface area contributed by atoms with Gasteiger partial charge in [-0.05, 0) is 42.0 Å². The monoisotopic (exact) mass is 460 g/mol. The highest BCUT2D eigenvalue weighted by atomic mass is 32.2. The second-order valence-electron chi connectivity index (χ2n) is 7.02. The van der Waals surface area contributed by atoms with Gasteiger partial charge >= 0.3 is 0 Å². The van der Waals surface area contributed by atoms with Crippen molar-refractivity contribution < 1.29 is 27.5 Å². The van der Waals surface area contributed by atoms with Gasteiger partial charge in [0.05, 0.1) is 25.1 Å². The van der Waals surface area contributed by atoms with Crippen LogP contribution in [0, 0.1) is 0 Å². The lowest BCUT2D eigenvalue weighted by molar-refractivity contribution is -0.122.